The van der Waals surface area contributed by atoms with E-state index in [1.807, 2.05) is 0 Å². The van der Waals surface area contributed by atoms with Gasteiger partial charge in [0.1, 0.15) is 0 Å². The van der Waals surface area contributed by atoms with E-state index in [1.54, 1.807) is 0 Å². The Morgan fingerprint density at radius 3 is 1.38 bits per heavy atom. The molecule has 0 atom stereocenters. The first-order valence-corrected chi connectivity index (χ1v) is 5.41. The summed E-state index contributed by atoms with van der Waals surface area (Å²) in [5.74, 6) is 2.68. The van der Waals surface area contributed by atoms with E-state index < -0.39 is 0 Å². The van der Waals surface area contributed by atoms with Crippen LogP contribution < -0.4 is 0 Å². The van der Waals surface area contributed by atoms with Crippen molar-refractivity contribution in [2.75, 3.05) is 7.11 Å². The average Bonchev–Trinajstić information content (AvgIpc) is 2.02. The summed E-state index contributed by atoms with van der Waals surface area (Å²) in [4.78, 5) is 0. The number of rotatable bonds is 0. The van der Waals surface area contributed by atoms with Crippen molar-refractivity contribution in [3.05, 3.63) is 0 Å². The number of hydrogen-bond acceptors (Lipinski definition) is 2. The first-order chi connectivity index (χ1) is 6.23. The van der Waals surface area contributed by atoms with Crippen LogP contribution in [0, 0.1) is 17.8 Å². The summed E-state index contributed by atoms with van der Waals surface area (Å²) < 4.78 is 0. The predicted octanol–water partition coefficient (Wildman–Crippen LogP) is 1.56. The van der Waals surface area contributed by atoms with Crippen LogP contribution in [0.1, 0.15) is 38.5 Å². The normalized spacial score (nSPS) is 51.5. The smallest absolute Gasteiger partial charge is 0.0655 e. The van der Waals surface area contributed by atoms with Gasteiger partial charge in [-0.25, -0.2) is 0 Å². The molecule has 4 rings (SSSR count). The Balaban J connectivity index is 0.000000308. The number of aliphatic hydroxyl groups is 2. The van der Waals surface area contributed by atoms with E-state index in [4.69, 9.17) is 5.11 Å². The Labute approximate surface area is 80.0 Å². The van der Waals surface area contributed by atoms with Crippen LogP contribution in [0.25, 0.3) is 0 Å². The zero-order valence-corrected chi connectivity index (χ0v) is 8.37. The van der Waals surface area contributed by atoms with Crippen LogP contribution in [0.15, 0.2) is 0 Å². The molecule has 0 aromatic rings. The van der Waals surface area contributed by atoms with E-state index in [0.717, 1.165) is 44.1 Å². The van der Waals surface area contributed by atoms with Crippen molar-refractivity contribution in [1.82, 2.24) is 0 Å². The molecule has 0 spiro atoms. The second kappa shape index (κ2) is 3.25. The van der Waals surface area contributed by atoms with Gasteiger partial charge < -0.3 is 10.2 Å². The van der Waals surface area contributed by atoms with Gasteiger partial charge in [0.15, 0.2) is 0 Å². The molecule has 0 unspecified atom stereocenters. The van der Waals surface area contributed by atoms with Crippen molar-refractivity contribution < 1.29 is 10.2 Å². The molecule has 76 valence electrons. The zero-order chi connectivity index (χ0) is 9.47. The first kappa shape index (κ1) is 9.47. The molecule has 0 heterocycles. The Morgan fingerprint density at radius 1 is 0.846 bits per heavy atom. The summed E-state index contributed by atoms with van der Waals surface area (Å²) in [5.41, 5.74) is -0.200. The van der Waals surface area contributed by atoms with Crippen LogP contribution in [0.3, 0.4) is 0 Å². The van der Waals surface area contributed by atoms with Crippen molar-refractivity contribution >= 4 is 0 Å². The second-order valence-corrected chi connectivity index (χ2v) is 5.14. The largest absolute Gasteiger partial charge is 0.400 e. The lowest BCUT2D eigenvalue weighted by molar-refractivity contribution is -0.124. The SMILES string of the molecule is CO.OC12CC3CC(CC(C3)C1)C2. The summed E-state index contributed by atoms with van der Waals surface area (Å²) in [7, 11) is 1.00. The van der Waals surface area contributed by atoms with Gasteiger partial charge in [-0.1, -0.05) is 0 Å². The summed E-state index contributed by atoms with van der Waals surface area (Å²) in [6, 6.07) is 0. The topological polar surface area (TPSA) is 40.5 Å². The van der Waals surface area contributed by atoms with Crippen molar-refractivity contribution in [2.24, 2.45) is 17.8 Å². The molecule has 2 heteroatoms. The highest BCUT2D eigenvalue weighted by Crippen LogP contribution is 2.55. The molecule has 4 aliphatic carbocycles. The maximum atomic E-state index is 10.1. The van der Waals surface area contributed by atoms with Crippen LogP contribution in [0.4, 0.5) is 0 Å². The Morgan fingerprint density at radius 2 is 1.15 bits per heavy atom. The van der Waals surface area contributed by atoms with E-state index in [0.29, 0.717) is 0 Å². The fraction of sp³-hybridized carbons (Fsp3) is 1.00. The third-order valence-electron chi connectivity index (χ3n) is 4.01. The van der Waals surface area contributed by atoms with E-state index in [2.05, 4.69) is 0 Å². The molecular weight excluding hydrogens is 164 g/mol. The van der Waals surface area contributed by atoms with Gasteiger partial charge in [0.05, 0.1) is 5.60 Å². The highest BCUT2D eigenvalue weighted by atomic mass is 16.3. The minimum atomic E-state index is -0.200. The van der Waals surface area contributed by atoms with Crippen molar-refractivity contribution in [3.8, 4) is 0 Å². The maximum absolute atomic E-state index is 10.1. The van der Waals surface area contributed by atoms with E-state index >= 15 is 0 Å². The lowest BCUT2D eigenvalue weighted by Crippen LogP contribution is -2.50. The van der Waals surface area contributed by atoms with Gasteiger partial charge in [0.2, 0.25) is 0 Å². The highest BCUT2D eigenvalue weighted by molar-refractivity contribution is 5.01. The average molecular weight is 184 g/mol. The van der Waals surface area contributed by atoms with Gasteiger partial charge in [-0.15, -0.1) is 0 Å². The molecule has 0 saturated heterocycles. The van der Waals surface area contributed by atoms with Crippen LogP contribution in [0.2, 0.25) is 0 Å². The Hall–Kier alpha value is -0.0800. The van der Waals surface area contributed by atoms with Gasteiger partial charge >= 0.3 is 0 Å². The highest BCUT2D eigenvalue weighted by Gasteiger charge is 2.49. The van der Waals surface area contributed by atoms with Gasteiger partial charge in [-0.3, -0.25) is 0 Å². The quantitative estimate of drug-likeness (QED) is 0.599. The van der Waals surface area contributed by atoms with Gasteiger partial charge in [0, 0.05) is 7.11 Å². The minimum absolute atomic E-state index is 0.200. The molecule has 0 aliphatic heterocycles. The molecular formula is C11H20O2. The lowest BCUT2D eigenvalue weighted by atomic mass is 9.54. The van der Waals surface area contributed by atoms with Crippen LogP contribution >= 0.6 is 0 Å². The standard InChI is InChI=1S/C10H16O.CH4O/c11-10-4-7-1-8(5-10)3-9(2-7)6-10;1-2/h7-9,11H,1-6H2;2H,1H3. The number of hydrogen-bond donors (Lipinski definition) is 2. The molecule has 4 bridgehead atoms. The summed E-state index contributed by atoms with van der Waals surface area (Å²) >= 11 is 0. The molecule has 13 heavy (non-hydrogen) atoms. The van der Waals surface area contributed by atoms with Gasteiger partial charge in [-0.05, 0) is 56.3 Å². The van der Waals surface area contributed by atoms with E-state index in [9.17, 15) is 5.11 Å². The zero-order valence-electron chi connectivity index (χ0n) is 8.37. The van der Waals surface area contributed by atoms with Crippen molar-refractivity contribution in [2.45, 2.75) is 44.1 Å². The Kier molecular flexibility index (Phi) is 2.37. The van der Waals surface area contributed by atoms with Crippen molar-refractivity contribution in [1.29, 1.82) is 0 Å². The Bertz CT molecular complexity index is 153. The van der Waals surface area contributed by atoms with Gasteiger partial charge in [-0.2, -0.15) is 0 Å². The predicted molar refractivity (Wildman–Crippen MR) is 51.3 cm³/mol. The molecule has 2 nitrogen and oxygen atoms in total. The monoisotopic (exact) mass is 184 g/mol. The molecule has 0 amide bonds. The summed E-state index contributed by atoms with van der Waals surface area (Å²) in [5, 5.41) is 17.1. The van der Waals surface area contributed by atoms with Gasteiger partial charge in [0.25, 0.3) is 0 Å². The minimum Gasteiger partial charge on any atom is -0.400 e. The van der Waals surface area contributed by atoms with Crippen LogP contribution in [0.5, 0.6) is 0 Å². The van der Waals surface area contributed by atoms with Crippen molar-refractivity contribution in [3.63, 3.8) is 0 Å². The summed E-state index contributed by atoms with van der Waals surface area (Å²) in [6.07, 6.45) is 7.66. The summed E-state index contributed by atoms with van der Waals surface area (Å²) in [6.45, 7) is 0. The molecule has 4 aliphatic rings. The lowest BCUT2D eigenvalue weighted by Gasteiger charge is -2.54. The number of aliphatic hydroxyl groups excluding tert-OH is 1. The maximum Gasteiger partial charge on any atom is 0.0655 e. The molecule has 4 saturated carbocycles. The first-order valence-electron chi connectivity index (χ1n) is 5.41. The molecule has 0 aromatic heterocycles. The third-order valence-corrected chi connectivity index (χ3v) is 4.01. The second-order valence-electron chi connectivity index (χ2n) is 5.14. The van der Waals surface area contributed by atoms with Crippen LogP contribution in [-0.2, 0) is 0 Å². The fourth-order valence-corrected chi connectivity index (χ4v) is 4.06. The molecule has 4 fully saturated rings. The molecule has 0 radical (unpaired) electrons. The van der Waals surface area contributed by atoms with Crippen LogP contribution in [-0.4, -0.2) is 22.9 Å². The third kappa shape index (κ3) is 1.62. The van der Waals surface area contributed by atoms with E-state index in [-0.39, 0.29) is 5.60 Å². The van der Waals surface area contributed by atoms with E-state index in [1.165, 1.54) is 19.3 Å². The molecule has 0 aromatic carbocycles. The fourth-order valence-electron chi connectivity index (χ4n) is 4.06. The molecule has 2 N–H and O–H groups in total.